The molecule has 24 heavy (non-hydrogen) atoms. The second-order valence-electron chi connectivity index (χ2n) is 5.71. The SMILES string of the molecule is O=c1ccn(C2OC(CO)C3OB(c4ccccc4)OC32)c(=O)[nH]1. The van der Waals surface area contributed by atoms with Crippen LogP contribution in [-0.4, -0.2) is 46.7 Å². The van der Waals surface area contributed by atoms with Gasteiger partial charge in [-0.05, 0) is 5.46 Å². The van der Waals surface area contributed by atoms with Crippen LogP contribution in [0.25, 0.3) is 0 Å². The van der Waals surface area contributed by atoms with Crippen LogP contribution in [0, 0.1) is 0 Å². The number of nitrogens with zero attached hydrogens (tertiary/aromatic N) is 1. The molecule has 4 rings (SSSR count). The molecule has 0 saturated carbocycles. The summed E-state index contributed by atoms with van der Waals surface area (Å²) in [6.07, 6.45) is -1.14. The number of aromatic nitrogens is 2. The highest BCUT2D eigenvalue weighted by atomic mass is 16.7. The number of nitrogens with one attached hydrogen (secondary N) is 1. The third-order valence-corrected chi connectivity index (χ3v) is 4.22. The van der Waals surface area contributed by atoms with Crippen LogP contribution in [0.4, 0.5) is 0 Å². The van der Waals surface area contributed by atoms with Crippen molar-refractivity contribution in [3.05, 3.63) is 63.4 Å². The standard InChI is InChI=1S/C15H15BN2O6/c19-8-10-12-13(24-16(23-12)9-4-2-1-3-5-9)14(22-10)18-7-6-11(20)17-15(18)21/h1-7,10,12-14,19H,8H2,(H,17,20,21). The fraction of sp³-hybridized carbons (Fsp3) is 0.333. The molecule has 4 unspecified atom stereocenters. The fourth-order valence-corrected chi connectivity index (χ4v) is 3.10. The van der Waals surface area contributed by atoms with E-state index in [1.807, 2.05) is 30.3 Å². The van der Waals surface area contributed by atoms with Crippen molar-refractivity contribution in [2.45, 2.75) is 24.5 Å². The van der Waals surface area contributed by atoms with E-state index in [-0.39, 0.29) is 6.61 Å². The normalized spacial score (nSPS) is 29.0. The number of aliphatic hydroxyl groups is 1. The molecule has 2 aliphatic rings. The second kappa shape index (κ2) is 6.02. The van der Waals surface area contributed by atoms with Crippen molar-refractivity contribution in [2.75, 3.05) is 6.61 Å². The zero-order chi connectivity index (χ0) is 16.7. The van der Waals surface area contributed by atoms with Gasteiger partial charge < -0.3 is 19.2 Å². The molecule has 124 valence electrons. The van der Waals surface area contributed by atoms with E-state index in [0.29, 0.717) is 0 Å². The van der Waals surface area contributed by atoms with Gasteiger partial charge in [-0.2, -0.15) is 0 Å². The van der Waals surface area contributed by atoms with Gasteiger partial charge >= 0.3 is 12.8 Å². The summed E-state index contributed by atoms with van der Waals surface area (Å²) < 4.78 is 18.8. The number of H-pyrrole nitrogens is 1. The number of aliphatic hydroxyl groups excluding tert-OH is 1. The van der Waals surface area contributed by atoms with Gasteiger partial charge in [0.05, 0.1) is 6.61 Å². The van der Waals surface area contributed by atoms with Gasteiger partial charge in [-0.1, -0.05) is 30.3 Å². The van der Waals surface area contributed by atoms with Crippen molar-refractivity contribution < 1.29 is 19.2 Å². The Hall–Kier alpha value is -2.20. The van der Waals surface area contributed by atoms with E-state index in [9.17, 15) is 14.7 Å². The average Bonchev–Trinajstić information content (AvgIpc) is 3.15. The van der Waals surface area contributed by atoms with Crippen LogP contribution in [-0.2, 0) is 14.0 Å². The first-order valence-electron chi connectivity index (χ1n) is 7.61. The highest BCUT2D eigenvalue weighted by Crippen LogP contribution is 2.37. The summed E-state index contributed by atoms with van der Waals surface area (Å²) in [6.45, 7) is -0.263. The first kappa shape index (κ1) is 15.3. The molecule has 4 atom stereocenters. The lowest BCUT2D eigenvalue weighted by Crippen LogP contribution is -2.38. The van der Waals surface area contributed by atoms with Crippen molar-refractivity contribution in [3.8, 4) is 0 Å². The zero-order valence-corrected chi connectivity index (χ0v) is 12.6. The number of benzene rings is 1. The number of rotatable bonds is 3. The number of fused-ring (bicyclic) bond motifs is 1. The summed E-state index contributed by atoms with van der Waals surface area (Å²) in [4.78, 5) is 25.5. The molecule has 2 saturated heterocycles. The first-order chi connectivity index (χ1) is 11.7. The van der Waals surface area contributed by atoms with Crippen LogP contribution in [0.5, 0.6) is 0 Å². The number of hydrogen-bond donors (Lipinski definition) is 2. The molecular weight excluding hydrogens is 315 g/mol. The summed E-state index contributed by atoms with van der Waals surface area (Å²) in [5.41, 5.74) is -0.247. The molecule has 0 amide bonds. The summed E-state index contributed by atoms with van der Waals surface area (Å²) in [5, 5.41) is 9.54. The zero-order valence-electron chi connectivity index (χ0n) is 12.6. The van der Waals surface area contributed by atoms with E-state index in [1.54, 1.807) is 0 Å². The van der Waals surface area contributed by atoms with E-state index < -0.39 is 42.9 Å². The summed E-state index contributed by atoms with van der Waals surface area (Å²) >= 11 is 0. The minimum absolute atomic E-state index is 0.263. The Bertz CT molecular complexity index is 838. The third kappa shape index (κ3) is 2.51. The highest BCUT2D eigenvalue weighted by Gasteiger charge is 2.54. The molecule has 0 bridgehead atoms. The maximum absolute atomic E-state index is 12.0. The molecule has 3 heterocycles. The molecule has 0 aliphatic carbocycles. The maximum atomic E-state index is 12.0. The van der Waals surface area contributed by atoms with Gasteiger partial charge in [0.2, 0.25) is 0 Å². The molecular formula is C15H15BN2O6. The van der Waals surface area contributed by atoms with Crippen molar-refractivity contribution >= 4 is 12.6 Å². The van der Waals surface area contributed by atoms with E-state index in [1.165, 1.54) is 16.8 Å². The molecule has 8 nitrogen and oxygen atoms in total. The Labute approximate surface area is 136 Å². The van der Waals surface area contributed by atoms with Crippen LogP contribution in [0.1, 0.15) is 6.23 Å². The average molecular weight is 330 g/mol. The number of ether oxygens (including phenoxy) is 1. The molecule has 9 heteroatoms. The Morgan fingerprint density at radius 3 is 2.58 bits per heavy atom. The van der Waals surface area contributed by atoms with Gasteiger partial charge in [0, 0.05) is 12.3 Å². The first-order valence-corrected chi connectivity index (χ1v) is 7.61. The van der Waals surface area contributed by atoms with Gasteiger partial charge in [0.25, 0.3) is 5.56 Å². The topological polar surface area (TPSA) is 103 Å². The predicted octanol–water partition coefficient (Wildman–Crippen LogP) is -1.39. The Morgan fingerprint density at radius 2 is 1.88 bits per heavy atom. The van der Waals surface area contributed by atoms with Gasteiger partial charge in [0.1, 0.15) is 18.3 Å². The van der Waals surface area contributed by atoms with Crippen LogP contribution in [0.2, 0.25) is 0 Å². The van der Waals surface area contributed by atoms with Crippen molar-refractivity contribution in [1.29, 1.82) is 0 Å². The lowest BCUT2D eigenvalue weighted by atomic mass is 9.79. The molecule has 2 aliphatic heterocycles. The van der Waals surface area contributed by atoms with Crippen LogP contribution < -0.4 is 16.7 Å². The van der Waals surface area contributed by atoms with Gasteiger partial charge in [-0.3, -0.25) is 14.3 Å². The van der Waals surface area contributed by atoms with Gasteiger partial charge in [0.15, 0.2) is 6.23 Å². The fourth-order valence-electron chi connectivity index (χ4n) is 3.10. The molecule has 2 aromatic rings. The lowest BCUT2D eigenvalue weighted by Gasteiger charge is -2.19. The smallest absolute Gasteiger partial charge is 0.399 e. The minimum atomic E-state index is -0.787. The quantitative estimate of drug-likeness (QED) is 0.672. The Balaban J connectivity index is 1.66. The number of aromatic amines is 1. The van der Waals surface area contributed by atoms with E-state index in [4.69, 9.17) is 14.0 Å². The Kier molecular flexibility index (Phi) is 3.85. The van der Waals surface area contributed by atoms with Gasteiger partial charge in [-0.15, -0.1) is 0 Å². The van der Waals surface area contributed by atoms with Crippen LogP contribution >= 0.6 is 0 Å². The summed E-state index contributed by atoms with van der Waals surface area (Å²) in [7, 11) is -0.597. The molecule has 2 N–H and O–H groups in total. The van der Waals surface area contributed by atoms with E-state index >= 15 is 0 Å². The number of hydrogen-bond acceptors (Lipinski definition) is 6. The largest absolute Gasteiger partial charge is 0.494 e. The predicted molar refractivity (Wildman–Crippen MR) is 83.9 cm³/mol. The van der Waals surface area contributed by atoms with Crippen LogP contribution in [0.3, 0.4) is 0 Å². The summed E-state index contributed by atoms with van der Waals surface area (Å²) in [6, 6.07) is 10.6. The molecule has 0 spiro atoms. The molecule has 0 radical (unpaired) electrons. The van der Waals surface area contributed by atoms with E-state index in [2.05, 4.69) is 4.98 Å². The molecule has 1 aromatic carbocycles. The minimum Gasteiger partial charge on any atom is -0.399 e. The Morgan fingerprint density at radius 1 is 1.12 bits per heavy atom. The second-order valence-corrected chi connectivity index (χ2v) is 5.71. The maximum Gasteiger partial charge on any atom is 0.494 e. The molecule has 2 fully saturated rings. The molecule has 1 aromatic heterocycles. The highest BCUT2D eigenvalue weighted by molar-refractivity contribution is 6.61. The third-order valence-electron chi connectivity index (χ3n) is 4.22. The lowest BCUT2D eigenvalue weighted by molar-refractivity contribution is -0.0606. The van der Waals surface area contributed by atoms with Crippen molar-refractivity contribution in [1.82, 2.24) is 9.55 Å². The van der Waals surface area contributed by atoms with Crippen molar-refractivity contribution in [2.24, 2.45) is 0 Å². The van der Waals surface area contributed by atoms with Crippen molar-refractivity contribution in [3.63, 3.8) is 0 Å². The summed E-state index contributed by atoms with van der Waals surface area (Å²) in [5.74, 6) is 0. The van der Waals surface area contributed by atoms with Crippen LogP contribution in [0.15, 0.2) is 52.2 Å². The monoisotopic (exact) mass is 330 g/mol. The van der Waals surface area contributed by atoms with Gasteiger partial charge in [-0.25, -0.2) is 4.79 Å². The van der Waals surface area contributed by atoms with E-state index in [0.717, 1.165) is 5.46 Å².